The molecule has 52 heavy (non-hydrogen) atoms. The molecule has 0 atom stereocenters. The normalized spacial score (nSPS) is 11.5. The zero-order valence-corrected chi connectivity index (χ0v) is 29.2. The van der Waals surface area contributed by atoms with Crippen molar-refractivity contribution in [1.29, 1.82) is 0 Å². The quantitative estimate of drug-likeness (QED) is 0.169. The summed E-state index contributed by atoms with van der Waals surface area (Å²) < 4.78 is 2.65. The van der Waals surface area contributed by atoms with E-state index in [2.05, 4.69) is 205 Å². The van der Waals surface area contributed by atoms with E-state index in [1.54, 1.807) is 0 Å². The Morgan fingerprint density at radius 2 is 0.808 bits per heavy atom. The highest BCUT2D eigenvalue weighted by atomic mass is 32.1. The van der Waals surface area contributed by atoms with Crippen molar-refractivity contribution < 1.29 is 0 Å². The van der Waals surface area contributed by atoms with Crippen LogP contribution >= 0.6 is 11.3 Å². The van der Waals surface area contributed by atoms with Gasteiger partial charge in [-0.1, -0.05) is 146 Å². The van der Waals surface area contributed by atoms with E-state index in [1.165, 1.54) is 75.1 Å². The highest BCUT2D eigenvalue weighted by Crippen LogP contribution is 2.42. The van der Waals surface area contributed by atoms with Crippen molar-refractivity contribution in [2.24, 2.45) is 0 Å². The Hall–Kier alpha value is -6.48. The highest BCUT2D eigenvalue weighted by molar-refractivity contribution is 7.25. The molecule has 0 aliphatic heterocycles. The number of hydrogen-bond donors (Lipinski definition) is 0. The Balaban J connectivity index is 1.06. The fourth-order valence-corrected chi connectivity index (χ4v) is 8.82. The van der Waals surface area contributed by atoms with Gasteiger partial charge < -0.3 is 4.90 Å². The van der Waals surface area contributed by atoms with Crippen LogP contribution in [0.1, 0.15) is 0 Å². The lowest BCUT2D eigenvalue weighted by molar-refractivity contribution is 1.28. The van der Waals surface area contributed by atoms with Crippen molar-refractivity contribution >= 4 is 70.1 Å². The lowest BCUT2D eigenvalue weighted by Gasteiger charge is -2.26. The standard InChI is InChI=1S/C50H33NS/c1-2-11-39-33-40(20-19-34(39)9-1)35-21-27-41(28-22-35)51(42-29-23-37(24-30-42)45-15-7-12-36-10-3-4-13-44(36)45)43-31-25-38(26-32-43)46-16-8-18-49-50(46)47-14-5-6-17-48(47)52-49/h1-33H. The number of hydrogen-bond acceptors (Lipinski definition) is 2. The van der Waals surface area contributed by atoms with Gasteiger partial charge in [0.05, 0.1) is 0 Å². The van der Waals surface area contributed by atoms with E-state index >= 15 is 0 Å². The van der Waals surface area contributed by atoms with Crippen LogP contribution in [-0.2, 0) is 0 Å². The maximum Gasteiger partial charge on any atom is 0.0462 e. The first-order valence-electron chi connectivity index (χ1n) is 17.8. The molecule has 244 valence electrons. The first-order chi connectivity index (χ1) is 25.8. The van der Waals surface area contributed by atoms with E-state index in [1.807, 2.05) is 11.3 Å². The second kappa shape index (κ2) is 12.7. The van der Waals surface area contributed by atoms with E-state index in [0.717, 1.165) is 17.1 Å². The topological polar surface area (TPSA) is 3.24 Å². The average Bonchev–Trinajstić information content (AvgIpc) is 3.61. The van der Waals surface area contributed by atoms with Crippen molar-refractivity contribution in [3.8, 4) is 33.4 Å². The van der Waals surface area contributed by atoms with Crippen molar-refractivity contribution in [3.05, 3.63) is 200 Å². The van der Waals surface area contributed by atoms with Crippen LogP contribution in [0.15, 0.2) is 200 Å². The first-order valence-corrected chi connectivity index (χ1v) is 18.6. The predicted molar refractivity (Wildman–Crippen MR) is 225 cm³/mol. The molecule has 0 aliphatic rings. The van der Waals surface area contributed by atoms with E-state index in [4.69, 9.17) is 0 Å². The van der Waals surface area contributed by atoms with Crippen molar-refractivity contribution in [1.82, 2.24) is 0 Å². The fraction of sp³-hybridized carbons (Fsp3) is 0. The zero-order chi connectivity index (χ0) is 34.4. The second-order valence-corrected chi connectivity index (χ2v) is 14.4. The van der Waals surface area contributed by atoms with Crippen LogP contribution in [0.3, 0.4) is 0 Å². The zero-order valence-electron chi connectivity index (χ0n) is 28.4. The molecule has 1 nitrogen and oxygen atoms in total. The summed E-state index contributed by atoms with van der Waals surface area (Å²) in [6.45, 7) is 0. The van der Waals surface area contributed by atoms with Crippen LogP contribution in [0.25, 0.3) is 75.1 Å². The Morgan fingerprint density at radius 1 is 0.308 bits per heavy atom. The maximum atomic E-state index is 2.36. The number of rotatable bonds is 6. The minimum atomic E-state index is 1.11. The van der Waals surface area contributed by atoms with Gasteiger partial charge in [0.15, 0.2) is 0 Å². The molecule has 0 fully saturated rings. The minimum absolute atomic E-state index is 1.11. The molecule has 1 heterocycles. The molecule has 1 aromatic heterocycles. The molecule has 0 bridgehead atoms. The van der Waals surface area contributed by atoms with Gasteiger partial charge in [0.1, 0.15) is 0 Å². The molecule has 9 aromatic carbocycles. The Morgan fingerprint density at radius 3 is 1.54 bits per heavy atom. The SMILES string of the molecule is c1ccc2cc(-c3ccc(N(c4ccc(-c5cccc6ccccc56)cc4)c4ccc(-c5cccc6sc7ccccc7c56)cc4)cc3)ccc2c1. The van der Waals surface area contributed by atoms with Gasteiger partial charge in [-0.05, 0) is 110 Å². The summed E-state index contributed by atoms with van der Waals surface area (Å²) in [6.07, 6.45) is 0. The van der Waals surface area contributed by atoms with Crippen molar-refractivity contribution in [2.45, 2.75) is 0 Å². The van der Waals surface area contributed by atoms with Gasteiger partial charge >= 0.3 is 0 Å². The number of benzene rings is 9. The van der Waals surface area contributed by atoms with Crippen LogP contribution in [0.2, 0.25) is 0 Å². The smallest absolute Gasteiger partial charge is 0.0462 e. The largest absolute Gasteiger partial charge is 0.311 e. The minimum Gasteiger partial charge on any atom is -0.311 e. The summed E-state index contributed by atoms with van der Waals surface area (Å²) >= 11 is 1.86. The average molecular weight is 680 g/mol. The van der Waals surface area contributed by atoms with Crippen LogP contribution < -0.4 is 4.90 Å². The summed E-state index contributed by atoms with van der Waals surface area (Å²) in [4.78, 5) is 2.36. The number of anilines is 3. The molecule has 0 radical (unpaired) electrons. The third-order valence-corrected chi connectivity index (χ3v) is 11.4. The molecule has 0 saturated carbocycles. The number of thiophene rings is 1. The maximum absolute atomic E-state index is 2.36. The van der Waals surface area contributed by atoms with E-state index in [-0.39, 0.29) is 0 Å². The van der Waals surface area contributed by atoms with Crippen LogP contribution in [0.5, 0.6) is 0 Å². The highest BCUT2D eigenvalue weighted by Gasteiger charge is 2.16. The predicted octanol–water partition coefficient (Wildman–Crippen LogP) is 14.8. The molecule has 0 unspecified atom stereocenters. The van der Waals surface area contributed by atoms with Gasteiger partial charge in [-0.25, -0.2) is 0 Å². The molecular formula is C50H33NS. The van der Waals surface area contributed by atoms with Crippen molar-refractivity contribution in [2.75, 3.05) is 4.90 Å². The van der Waals surface area contributed by atoms with Gasteiger partial charge in [-0.2, -0.15) is 0 Å². The summed E-state index contributed by atoms with van der Waals surface area (Å²) in [5, 5.41) is 7.69. The Kier molecular flexibility index (Phi) is 7.41. The third-order valence-electron chi connectivity index (χ3n) is 10.3. The molecule has 10 rings (SSSR count). The Bertz CT molecular complexity index is 2880. The molecule has 0 aliphatic carbocycles. The molecule has 0 amide bonds. The molecule has 0 spiro atoms. The molecule has 2 heteroatoms. The summed E-state index contributed by atoms with van der Waals surface area (Å²) in [6, 6.07) is 72.9. The monoisotopic (exact) mass is 679 g/mol. The van der Waals surface area contributed by atoms with Crippen LogP contribution in [-0.4, -0.2) is 0 Å². The van der Waals surface area contributed by atoms with Gasteiger partial charge in [0.25, 0.3) is 0 Å². The van der Waals surface area contributed by atoms with E-state index < -0.39 is 0 Å². The van der Waals surface area contributed by atoms with E-state index in [0.29, 0.717) is 0 Å². The second-order valence-electron chi connectivity index (χ2n) is 13.3. The van der Waals surface area contributed by atoms with Gasteiger partial charge in [-0.3, -0.25) is 0 Å². The van der Waals surface area contributed by atoms with E-state index in [9.17, 15) is 0 Å². The first kappa shape index (κ1) is 30.4. The number of fused-ring (bicyclic) bond motifs is 5. The van der Waals surface area contributed by atoms with Gasteiger partial charge in [0.2, 0.25) is 0 Å². The van der Waals surface area contributed by atoms with Crippen LogP contribution in [0, 0.1) is 0 Å². The summed E-state index contributed by atoms with van der Waals surface area (Å²) in [5.74, 6) is 0. The third kappa shape index (κ3) is 5.33. The lowest BCUT2D eigenvalue weighted by atomic mass is 9.97. The number of nitrogens with zero attached hydrogens (tertiary/aromatic N) is 1. The molecule has 10 aromatic rings. The summed E-state index contributed by atoms with van der Waals surface area (Å²) in [5.41, 5.74) is 10.7. The summed E-state index contributed by atoms with van der Waals surface area (Å²) in [7, 11) is 0. The molecule has 0 saturated heterocycles. The molecular weight excluding hydrogens is 647 g/mol. The van der Waals surface area contributed by atoms with Gasteiger partial charge in [-0.15, -0.1) is 11.3 Å². The molecule has 0 N–H and O–H groups in total. The fourth-order valence-electron chi connectivity index (χ4n) is 7.69. The lowest BCUT2D eigenvalue weighted by Crippen LogP contribution is -2.09. The van der Waals surface area contributed by atoms with Crippen LogP contribution in [0.4, 0.5) is 17.1 Å². The van der Waals surface area contributed by atoms with Gasteiger partial charge in [0, 0.05) is 37.2 Å². The Labute approximate surface area is 307 Å². The van der Waals surface area contributed by atoms with Crippen molar-refractivity contribution in [3.63, 3.8) is 0 Å².